The van der Waals surface area contributed by atoms with Crippen molar-refractivity contribution in [3.63, 3.8) is 0 Å². The first kappa shape index (κ1) is 23.6. The number of carbonyl (C=O) groups excluding carboxylic acids is 1. The normalized spacial score (nSPS) is 19.4. The van der Waals surface area contributed by atoms with E-state index in [1.54, 1.807) is 13.0 Å². The maximum Gasteiger partial charge on any atom is 0.328 e. The van der Waals surface area contributed by atoms with Crippen LogP contribution in [-0.2, 0) is 9.59 Å². The van der Waals surface area contributed by atoms with Gasteiger partial charge < -0.3 is 15.5 Å². The Morgan fingerprint density at radius 1 is 1.21 bits per heavy atom. The van der Waals surface area contributed by atoms with Crippen molar-refractivity contribution in [2.75, 3.05) is 6.61 Å². The highest BCUT2D eigenvalue weighted by atomic mass is 16.4. The molecule has 1 atom stereocenters. The second-order valence-electron chi connectivity index (χ2n) is 8.00. The highest BCUT2D eigenvalue weighted by Gasteiger charge is 2.26. The van der Waals surface area contributed by atoms with Crippen LogP contribution in [-0.4, -0.2) is 34.7 Å². The monoisotopic (exact) mass is 387 g/mol. The third-order valence-electron chi connectivity index (χ3n) is 4.93. The largest absolute Gasteiger partial charge is 0.480 e. The van der Waals surface area contributed by atoms with Crippen molar-refractivity contribution < 1.29 is 19.8 Å². The molecule has 0 spiro atoms. The third-order valence-corrected chi connectivity index (χ3v) is 4.93. The van der Waals surface area contributed by atoms with Crippen LogP contribution in [0.1, 0.15) is 53.9 Å². The average Bonchev–Trinajstić information content (AvgIpc) is 2.58. The average molecular weight is 388 g/mol. The molecule has 1 aliphatic carbocycles. The van der Waals surface area contributed by atoms with Gasteiger partial charge in [0.2, 0.25) is 5.91 Å². The summed E-state index contributed by atoms with van der Waals surface area (Å²) in [6.45, 7) is 9.92. The third kappa shape index (κ3) is 7.69. The van der Waals surface area contributed by atoms with E-state index in [4.69, 9.17) is 10.2 Å². The lowest BCUT2D eigenvalue weighted by molar-refractivity contribution is -0.142. The van der Waals surface area contributed by atoms with Crippen LogP contribution < -0.4 is 5.32 Å². The van der Waals surface area contributed by atoms with E-state index in [2.05, 4.69) is 38.2 Å². The number of carbonyl (C=O) groups is 2. The molecule has 0 aromatic rings. The van der Waals surface area contributed by atoms with Crippen LogP contribution in [0.5, 0.6) is 0 Å². The Morgan fingerprint density at radius 2 is 1.89 bits per heavy atom. The van der Waals surface area contributed by atoms with Crippen molar-refractivity contribution in [2.45, 2.75) is 59.9 Å². The van der Waals surface area contributed by atoms with Gasteiger partial charge in [-0.2, -0.15) is 0 Å². The van der Waals surface area contributed by atoms with Crippen LogP contribution in [0, 0.1) is 5.41 Å². The molecular weight excluding hydrogens is 354 g/mol. The highest BCUT2D eigenvalue weighted by Crippen LogP contribution is 2.40. The molecule has 1 aliphatic rings. The number of rotatable bonds is 8. The molecule has 1 rings (SSSR count). The van der Waals surface area contributed by atoms with Gasteiger partial charge in [0, 0.05) is 6.08 Å². The minimum Gasteiger partial charge on any atom is -0.480 e. The second-order valence-corrected chi connectivity index (χ2v) is 8.00. The van der Waals surface area contributed by atoms with Crippen LogP contribution in [0.4, 0.5) is 0 Å². The molecule has 5 nitrogen and oxygen atoms in total. The molecule has 0 fully saturated rings. The first-order valence-electron chi connectivity index (χ1n) is 9.62. The summed E-state index contributed by atoms with van der Waals surface area (Å²) in [7, 11) is 0. The van der Waals surface area contributed by atoms with Gasteiger partial charge in [-0.25, -0.2) is 4.79 Å². The zero-order chi connectivity index (χ0) is 21.3. The molecule has 5 heteroatoms. The van der Waals surface area contributed by atoms with E-state index in [-0.39, 0.29) is 5.41 Å². The van der Waals surface area contributed by atoms with Gasteiger partial charge in [-0.3, -0.25) is 4.79 Å². The molecule has 0 saturated heterocycles. The van der Waals surface area contributed by atoms with Crippen molar-refractivity contribution in [2.24, 2.45) is 5.41 Å². The smallest absolute Gasteiger partial charge is 0.328 e. The van der Waals surface area contributed by atoms with Gasteiger partial charge in [-0.05, 0) is 56.6 Å². The fourth-order valence-corrected chi connectivity index (χ4v) is 3.29. The summed E-state index contributed by atoms with van der Waals surface area (Å²) in [6.07, 6.45) is 14.8. The summed E-state index contributed by atoms with van der Waals surface area (Å²) >= 11 is 0. The maximum absolute atomic E-state index is 11.8. The predicted molar refractivity (Wildman–Crippen MR) is 113 cm³/mol. The molecule has 3 N–H and O–H groups in total. The molecule has 0 bridgehead atoms. The van der Waals surface area contributed by atoms with Gasteiger partial charge in [0.1, 0.15) is 0 Å². The first-order chi connectivity index (χ1) is 13.1. The van der Waals surface area contributed by atoms with Gasteiger partial charge in [-0.1, -0.05) is 55.4 Å². The molecule has 1 unspecified atom stereocenters. The molecule has 0 radical (unpaired) electrons. The number of carboxylic acid groups (broad SMARTS) is 1. The molecule has 28 heavy (non-hydrogen) atoms. The van der Waals surface area contributed by atoms with Crippen molar-refractivity contribution in [3.05, 3.63) is 58.7 Å². The van der Waals surface area contributed by atoms with Crippen LogP contribution >= 0.6 is 0 Å². The van der Waals surface area contributed by atoms with Crippen molar-refractivity contribution in [1.82, 2.24) is 5.32 Å². The predicted octanol–water partition coefficient (Wildman–Crippen LogP) is 4.08. The molecular formula is C23H33NO4. The Labute approximate surface area is 168 Å². The second kappa shape index (κ2) is 10.8. The number of aliphatic hydroxyl groups is 1. The van der Waals surface area contributed by atoms with E-state index in [1.807, 2.05) is 19.1 Å². The Hall–Kier alpha value is -2.40. The number of hydrogen-bond acceptors (Lipinski definition) is 3. The molecule has 0 heterocycles. The first-order valence-corrected chi connectivity index (χ1v) is 9.62. The number of nitrogens with one attached hydrogen (secondary N) is 1. The number of carboxylic acids is 1. The summed E-state index contributed by atoms with van der Waals surface area (Å²) in [4.78, 5) is 22.6. The van der Waals surface area contributed by atoms with Crippen LogP contribution in [0.15, 0.2) is 58.7 Å². The molecule has 154 valence electrons. The lowest BCUT2D eigenvalue weighted by Gasteiger charge is -2.32. The van der Waals surface area contributed by atoms with E-state index in [1.165, 1.54) is 30.1 Å². The number of aliphatic hydroxyl groups excluding tert-OH is 1. The van der Waals surface area contributed by atoms with Crippen molar-refractivity contribution >= 4 is 11.9 Å². The SMILES string of the molecule is CC1=C(/C=C/C(C)=C/C=C/C(C)=C/C(=O)NC(CO)C(=O)O)C(C)(C)CCC1. The Morgan fingerprint density at radius 3 is 2.46 bits per heavy atom. The summed E-state index contributed by atoms with van der Waals surface area (Å²) in [6, 6.07) is -1.30. The number of aliphatic carboxylic acids is 1. The minimum absolute atomic E-state index is 0.212. The molecule has 0 saturated carbocycles. The van der Waals surface area contributed by atoms with E-state index < -0.39 is 24.5 Å². The molecule has 1 amide bonds. The fraction of sp³-hybridized carbons (Fsp3) is 0.478. The van der Waals surface area contributed by atoms with Crippen molar-refractivity contribution in [3.8, 4) is 0 Å². The lowest BCUT2D eigenvalue weighted by atomic mass is 9.72. The summed E-state index contributed by atoms with van der Waals surface area (Å²) in [5, 5.41) is 20.0. The maximum atomic E-state index is 11.8. The number of amides is 1. The fourth-order valence-electron chi connectivity index (χ4n) is 3.29. The van der Waals surface area contributed by atoms with E-state index >= 15 is 0 Å². The van der Waals surface area contributed by atoms with Gasteiger partial charge >= 0.3 is 5.97 Å². The van der Waals surface area contributed by atoms with E-state index in [0.717, 1.165) is 12.0 Å². The Kier molecular flexibility index (Phi) is 9.13. The minimum atomic E-state index is -1.30. The molecule has 0 aromatic heterocycles. The zero-order valence-corrected chi connectivity index (χ0v) is 17.6. The number of hydrogen-bond donors (Lipinski definition) is 3. The highest BCUT2D eigenvalue weighted by molar-refractivity contribution is 5.92. The van der Waals surface area contributed by atoms with Crippen LogP contribution in [0.2, 0.25) is 0 Å². The van der Waals surface area contributed by atoms with Gasteiger partial charge in [0.15, 0.2) is 6.04 Å². The topological polar surface area (TPSA) is 86.6 Å². The van der Waals surface area contributed by atoms with E-state index in [9.17, 15) is 9.59 Å². The lowest BCUT2D eigenvalue weighted by Crippen LogP contribution is -2.42. The van der Waals surface area contributed by atoms with E-state index in [0.29, 0.717) is 5.57 Å². The Balaban J connectivity index is 2.72. The van der Waals surface area contributed by atoms with Gasteiger partial charge in [0.25, 0.3) is 0 Å². The van der Waals surface area contributed by atoms with Gasteiger partial charge in [-0.15, -0.1) is 0 Å². The van der Waals surface area contributed by atoms with Crippen molar-refractivity contribution in [1.29, 1.82) is 0 Å². The van der Waals surface area contributed by atoms with Crippen LogP contribution in [0.25, 0.3) is 0 Å². The number of allylic oxidation sites excluding steroid dienone is 9. The van der Waals surface area contributed by atoms with Gasteiger partial charge in [0.05, 0.1) is 6.61 Å². The standard InChI is InChI=1S/C23H33NO4/c1-16(11-12-19-18(3)10-7-13-23(19,4)5)8-6-9-17(2)14-21(26)24-20(15-25)22(27)28/h6,8-9,11-12,14,20,25H,7,10,13,15H2,1-5H3,(H,24,26)(H,27,28)/b9-6+,12-11+,16-8+,17-14+. The summed E-state index contributed by atoms with van der Waals surface area (Å²) < 4.78 is 0. The zero-order valence-electron chi connectivity index (χ0n) is 17.6. The molecule has 0 aliphatic heterocycles. The summed E-state index contributed by atoms with van der Waals surface area (Å²) in [5.74, 6) is -1.82. The van der Waals surface area contributed by atoms with Crippen LogP contribution in [0.3, 0.4) is 0 Å². The quantitative estimate of drug-likeness (QED) is 0.433. The summed E-state index contributed by atoms with van der Waals surface area (Å²) in [5.41, 5.74) is 4.87. The Bertz CT molecular complexity index is 736. The molecule has 0 aromatic carbocycles.